The second-order valence-electron chi connectivity index (χ2n) is 16.5. The SMILES string of the molecule is Cc1cccc(C(=O)Nc2cc3cn([C@H]4CC[C@H](CN5CC[C@@H](c6cccc7c6n(C)c(=O)n7C6CCC(=O)NC6=O)[C@@H](F)C5)CC4)nc3cc2C(C)(C)O)n1. The Kier molecular flexibility index (Phi) is 9.90. The van der Waals surface area contributed by atoms with Gasteiger partial charge in [0.2, 0.25) is 11.8 Å². The third-order valence-electron chi connectivity index (χ3n) is 12.1. The van der Waals surface area contributed by atoms with Crippen molar-refractivity contribution in [3.8, 4) is 0 Å². The maximum absolute atomic E-state index is 16.2. The number of anilines is 1. The number of hydrogen-bond acceptors (Lipinski definition) is 8. The molecule has 56 heavy (non-hydrogen) atoms. The van der Waals surface area contributed by atoms with E-state index >= 15 is 4.39 Å². The lowest BCUT2D eigenvalue weighted by atomic mass is 9.83. The standard InChI is InChI=1S/C42H49FN8O5/c1-24-7-5-9-32(44-24)39(53)45-34-19-26-22-50(47-33(26)20-30(34)42(2,3)56)27-13-11-25(12-14-27)21-49-18-17-28(31(43)23-49)29-8-6-10-35-38(29)48(4)41(55)51(35)36-15-16-37(52)46-40(36)54/h5-10,19-20,22,25,27-28,31,36,56H,11-18,21,23H2,1-4H3,(H,45,53)(H,46,52,54)/t25-,27-,28-,31-,36?/m0/s1. The molecule has 0 bridgehead atoms. The Morgan fingerprint density at radius 3 is 2.52 bits per heavy atom. The number of imidazole rings is 1. The number of halogens is 1. The monoisotopic (exact) mass is 764 g/mol. The van der Waals surface area contributed by atoms with Crippen LogP contribution in [0.15, 0.2) is 59.5 Å². The Bertz CT molecular complexity index is 2400. The molecule has 2 aromatic carbocycles. The first-order valence-corrected chi connectivity index (χ1v) is 19.7. The van der Waals surface area contributed by atoms with Crippen molar-refractivity contribution in [1.82, 2.24) is 34.1 Å². The Labute approximate surface area is 323 Å². The Balaban J connectivity index is 0.912. The molecule has 0 spiro atoms. The number of carbonyl (C=O) groups excluding carboxylic acids is 3. The molecule has 3 aliphatic rings. The van der Waals surface area contributed by atoms with Gasteiger partial charge in [-0.3, -0.25) is 33.5 Å². The van der Waals surface area contributed by atoms with E-state index in [1.54, 1.807) is 39.1 Å². The molecule has 14 heteroatoms. The van der Waals surface area contributed by atoms with Gasteiger partial charge in [-0.15, -0.1) is 0 Å². The first-order chi connectivity index (χ1) is 26.7. The van der Waals surface area contributed by atoms with E-state index in [0.717, 1.165) is 60.9 Å². The molecule has 2 saturated heterocycles. The van der Waals surface area contributed by atoms with E-state index in [0.29, 0.717) is 46.9 Å². The zero-order valence-electron chi connectivity index (χ0n) is 32.3. The highest BCUT2D eigenvalue weighted by Crippen LogP contribution is 2.39. The van der Waals surface area contributed by atoms with Crippen molar-refractivity contribution in [1.29, 1.82) is 0 Å². The van der Waals surface area contributed by atoms with Crippen LogP contribution < -0.4 is 16.3 Å². The number of aromatic nitrogens is 5. The highest BCUT2D eigenvalue weighted by molar-refractivity contribution is 6.04. The Hall–Kier alpha value is -5.21. The van der Waals surface area contributed by atoms with Crippen molar-refractivity contribution < 1.29 is 23.9 Å². The third-order valence-corrected chi connectivity index (χ3v) is 12.1. The number of aryl methyl sites for hydroxylation is 2. The van der Waals surface area contributed by atoms with Gasteiger partial charge in [0.25, 0.3) is 5.91 Å². The number of rotatable bonds is 8. The van der Waals surface area contributed by atoms with Crippen molar-refractivity contribution in [2.45, 2.75) is 95.5 Å². The second-order valence-corrected chi connectivity index (χ2v) is 16.5. The molecule has 1 aliphatic carbocycles. The minimum absolute atomic E-state index is 0.160. The van der Waals surface area contributed by atoms with Crippen LogP contribution in [0.1, 0.15) is 104 Å². The molecule has 294 valence electrons. The largest absolute Gasteiger partial charge is 0.386 e. The van der Waals surface area contributed by atoms with Crippen LogP contribution in [0, 0.1) is 12.8 Å². The van der Waals surface area contributed by atoms with Crippen LogP contribution in [0.25, 0.3) is 21.9 Å². The predicted molar refractivity (Wildman–Crippen MR) is 210 cm³/mol. The number of likely N-dealkylation sites (tertiary alicyclic amines) is 1. The minimum Gasteiger partial charge on any atom is -0.386 e. The molecule has 3 atom stereocenters. The van der Waals surface area contributed by atoms with E-state index in [2.05, 4.69) is 20.5 Å². The van der Waals surface area contributed by atoms with E-state index in [9.17, 15) is 24.3 Å². The molecule has 1 saturated carbocycles. The molecule has 3 fully saturated rings. The van der Waals surface area contributed by atoms with Gasteiger partial charge in [-0.1, -0.05) is 18.2 Å². The fourth-order valence-electron chi connectivity index (χ4n) is 9.18. The molecular weight excluding hydrogens is 716 g/mol. The molecule has 3 aromatic heterocycles. The maximum Gasteiger partial charge on any atom is 0.329 e. The highest BCUT2D eigenvalue weighted by Gasteiger charge is 2.36. The molecule has 3 amide bonds. The van der Waals surface area contributed by atoms with E-state index in [4.69, 9.17) is 5.10 Å². The lowest BCUT2D eigenvalue weighted by molar-refractivity contribution is -0.135. The van der Waals surface area contributed by atoms with Gasteiger partial charge in [-0.2, -0.15) is 5.10 Å². The maximum atomic E-state index is 16.2. The molecule has 3 N–H and O–H groups in total. The third kappa shape index (κ3) is 7.16. The molecule has 2 aliphatic heterocycles. The number of nitrogens with zero attached hydrogens (tertiary/aromatic N) is 6. The van der Waals surface area contributed by atoms with Gasteiger partial charge < -0.3 is 15.3 Å². The molecule has 0 radical (unpaired) electrons. The van der Waals surface area contributed by atoms with Gasteiger partial charge in [-0.25, -0.2) is 14.2 Å². The average Bonchev–Trinajstić information content (AvgIpc) is 3.69. The van der Waals surface area contributed by atoms with E-state index in [-0.39, 0.29) is 42.3 Å². The van der Waals surface area contributed by atoms with Crippen molar-refractivity contribution in [2.75, 3.05) is 25.0 Å². The summed E-state index contributed by atoms with van der Waals surface area (Å²) < 4.78 is 21.2. The minimum atomic E-state index is -1.22. The van der Waals surface area contributed by atoms with Crippen LogP contribution in [0.5, 0.6) is 0 Å². The molecule has 13 nitrogen and oxygen atoms in total. The zero-order chi connectivity index (χ0) is 39.5. The number of fused-ring (bicyclic) bond motifs is 2. The fraction of sp³-hybridized carbons (Fsp3) is 0.476. The van der Waals surface area contributed by atoms with Gasteiger partial charge in [0.05, 0.1) is 28.2 Å². The first-order valence-electron chi connectivity index (χ1n) is 19.7. The number of hydrogen-bond donors (Lipinski definition) is 3. The predicted octanol–water partition coefficient (Wildman–Crippen LogP) is 5.41. The lowest BCUT2D eigenvalue weighted by Crippen LogP contribution is -2.44. The average molecular weight is 765 g/mol. The van der Waals surface area contributed by atoms with Gasteiger partial charge >= 0.3 is 5.69 Å². The van der Waals surface area contributed by atoms with E-state index in [1.165, 1.54) is 9.13 Å². The van der Waals surface area contributed by atoms with Crippen LogP contribution in [0.4, 0.5) is 10.1 Å². The number of piperidine rings is 2. The second kappa shape index (κ2) is 14.7. The summed E-state index contributed by atoms with van der Waals surface area (Å²) >= 11 is 0. The number of alkyl halides is 1. The van der Waals surface area contributed by atoms with Crippen LogP contribution >= 0.6 is 0 Å². The number of carbonyl (C=O) groups is 3. The summed E-state index contributed by atoms with van der Waals surface area (Å²) in [5, 5.41) is 22.1. The highest BCUT2D eigenvalue weighted by atomic mass is 19.1. The van der Waals surface area contributed by atoms with Crippen LogP contribution in [-0.4, -0.2) is 77.4 Å². The Morgan fingerprint density at radius 1 is 1.04 bits per heavy atom. The van der Waals surface area contributed by atoms with Crippen molar-refractivity contribution >= 4 is 45.3 Å². The normalized spacial score (nSPS) is 23.8. The number of benzene rings is 2. The number of pyridine rings is 1. The van der Waals surface area contributed by atoms with Gasteiger partial charge in [0.1, 0.15) is 17.9 Å². The summed E-state index contributed by atoms with van der Waals surface area (Å²) in [6.45, 7) is 7.09. The topological polar surface area (TPSA) is 156 Å². The molecule has 1 unspecified atom stereocenters. The number of imide groups is 1. The van der Waals surface area contributed by atoms with E-state index < -0.39 is 23.7 Å². The van der Waals surface area contributed by atoms with Crippen LogP contribution in [-0.2, 0) is 22.2 Å². The lowest BCUT2D eigenvalue weighted by Gasteiger charge is -2.38. The van der Waals surface area contributed by atoms with Crippen molar-refractivity contribution in [2.24, 2.45) is 13.0 Å². The summed E-state index contributed by atoms with van der Waals surface area (Å²) in [5.74, 6) is -1.12. The number of amides is 3. The molecule has 5 aromatic rings. The summed E-state index contributed by atoms with van der Waals surface area (Å²) in [5.41, 5.74) is 3.31. The molecule has 8 rings (SSSR count). The summed E-state index contributed by atoms with van der Waals surface area (Å²) in [6, 6.07) is 13.9. The summed E-state index contributed by atoms with van der Waals surface area (Å²) in [6.07, 6.45) is 5.79. The number of para-hydroxylation sites is 1. The quantitative estimate of drug-likeness (QED) is 0.177. The summed E-state index contributed by atoms with van der Waals surface area (Å²) in [7, 11) is 1.66. The van der Waals surface area contributed by atoms with Gasteiger partial charge in [0, 0.05) is 61.0 Å². The number of aliphatic hydroxyl groups is 1. The molecular formula is C42H49FN8O5. The summed E-state index contributed by atoms with van der Waals surface area (Å²) in [4.78, 5) is 57.6. The van der Waals surface area contributed by atoms with Crippen molar-refractivity contribution in [3.63, 3.8) is 0 Å². The molecule has 5 heterocycles. The van der Waals surface area contributed by atoms with Gasteiger partial charge in [0.15, 0.2) is 0 Å². The smallest absolute Gasteiger partial charge is 0.329 e. The van der Waals surface area contributed by atoms with Crippen molar-refractivity contribution in [3.05, 3.63) is 87.7 Å². The van der Waals surface area contributed by atoms with Crippen LogP contribution in [0.3, 0.4) is 0 Å². The van der Waals surface area contributed by atoms with Crippen LogP contribution in [0.2, 0.25) is 0 Å². The van der Waals surface area contributed by atoms with Gasteiger partial charge in [-0.05, 0) is 108 Å². The van der Waals surface area contributed by atoms with E-state index in [1.807, 2.05) is 48.1 Å². The Morgan fingerprint density at radius 2 is 1.80 bits per heavy atom. The fourth-order valence-corrected chi connectivity index (χ4v) is 9.18. The zero-order valence-corrected chi connectivity index (χ0v) is 32.3. The first kappa shape index (κ1) is 37.7. The number of nitrogens with one attached hydrogen (secondary N) is 2.